The first-order valence-corrected chi connectivity index (χ1v) is 11.7. The van der Waals surface area contributed by atoms with E-state index < -0.39 is 23.5 Å². The number of benzene rings is 3. The Bertz CT molecular complexity index is 1710. The molecule has 0 aliphatic rings. The van der Waals surface area contributed by atoms with Gasteiger partial charge in [0.15, 0.2) is 5.58 Å². The van der Waals surface area contributed by atoms with Gasteiger partial charge in [-0.2, -0.15) is 5.10 Å². The SMILES string of the molecule is Cc1cc(C(C)Nc2ccccc2C(=O)O)c2oc3c(N(C)C(=O)c4cc(F)cc(F)c4)cnnc3c2c1. The van der Waals surface area contributed by atoms with Gasteiger partial charge in [0, 0.05) is 35.3 Å². The van der Waals surface area contributed by atoms with Crippen molar-refractivity contribution >= 4 is 45.3 Å². The van der Waals surface area contributed by atoms with Crippen LogP contribution >= 0.6 is 0 Å². The molecule has 0 radical (unpaired) electrons. The summed E-state index contributed by atoms with van der Waals surface area (Å²) in [5.74, 6) is -3.44. The van der Waals surface area contributed by atoms with Crippen LogP contribution in [0, 0.1) is 18.6 Å². The zero-order valence-corrected chi connectivity index (χ0v) is 20.6. The van der Waals surface area contributed by atoms with E-state index in [1.165, 1.54) is 24.2 Å². The number of anilines is 2. The fourth-order valence-electron chi connectivity index (χ4n) is 4.48. The Morgan fingerprint density at radius 3 is 2.47 bits per heavy atom. The quantitative estimate of drug-likeness (QED) is 0.280. The van der Waals surface area contributed by atoms with Crippen LogP contribution in [0.2, 0.25) is 0 Å². The Kier molecular flexibility index (Phi) is 6.23. The van der Waals surface area contributed by atoms with Crippen molar-refractivity contribution in [3.05, 3.63) is 94.7 Å². The lowest BCUT2D eigenvalue weighted by atomic mass is 10.0. The number of carboxylic acid groups (broad SMARTS) is 1. The van der Waals surface area contributed by atoms with E-state index in [0.717, 1.165) is 23.3 Å². The molecule has 0 saturated heterocycles. The van der Waals surface area contributed by atoms with Crippen LogP contribution in [-0.2, 0) is 0 Å². The molecule has 38 heavy (non-hydrogen) atoms. The third-order valence-corrected chi connectivity index (χ3v) is 6.28. The minimum atomic E-state index is -1.05. The van der Waals surface area contributed by atoms with Crippen molar-refractivity contribution in [2.75, 3.05) is 17.3 Å². The second-order valence-corrected chi connectivity index (χ2v) is 8.98. The Morgan fingerprint density at radius 1 is 1.05 bits per heavy atom. The van der Waals surface area contributed by atoms with E-state index in [1.807, 2.05) is 26.0 Å². The number of amides is 1. The number of fused-ring (bicyclic) bond motifs is 3. The molecule has 8 nitrogen and oxygen atoms in total. The third-order valence-electron chi connectivity index (χ3n) is 6.28. The summed E-state index contributed by atoms with van der Waals surface area (Å²) in [5, 5.41) is 21.7. The maximum atomic E-state index is 13.7. The van der Waals surface area contributed by atoms with Crippen LogP contribution < -0.4 is 10.2 Å². The number of nitrogens with zero attached hydrogens (tertiary/aromatic N) is 3. The van der Waals surface area contributed by atoms with Crippen LogP contribution in [0.3, 0.4) is 0 Å². The topological polar surface area (TPSA) is 109 Å². The van der Waals surface area contributed by atoms with Crippen molar-refractivity contribution in [1.29, 1.82) is 0 Å². The molecule has 1 unspecified atom stereocenters. The smallest absolute Gasteiger partial charge is 0.337 e. The molecule has 10 heteroatoms. The Hall–Kier alpha value is -4.86. The van der Waals surface area contributed by atoms with E-state index >= 15 is 0 Å². The summed E-state index contributed by atoms with van der Waals surface area (Å²) in [4.78, 5) is 25.9. The molecule has 2 aromatic heterocycles. The van der Waals surface area contributed by atoms with Crippen LogP contribution in [0.4, 0.5) is 20.2 Å². The molecular formula is C28H22F2N4O4. The number of carbonyl (C=O) groups is 2. The van der Waals surface area contributed by atoms with Gasteiger partial charge >= 0.3 is 5.97 Å². The van der Waals surface area contributed by atoms with Gasteiger partial charge in [0.1, 0.15) is 28.4 Å². The minimum absolute atomic E-state index is 0.134. The zero-order valence-electron chi connectivity index (χ0n) is 20.6. The fourth-order valence-corrected chi connectivity index (χ4v) is 4.48. The number of nitrogens with one attached hydrogen (secondary N) is 1. The van der Waals surface area contributed by atoms with Gasteiger partial charge in [-0.25, -0.2) is 13.6 Å². The normalized spacial score (nSPS) is 12.0. The van der Waals surface area contributed by atoms with Crippen LogP contribution in [0.5, 0.6) is 0 Å². The average Bonchev–Trinajstić information content (AvgIpc) is 3.25. The summed E-state index contributed by atoms with van der Waals surface area (Å²) in [5.41, 5.74) is 3.49. The standard InChI is InChI=1S/C28H22F2N4O4/c1-14-8-20(15(2)32-22-7-5-4-6-19(22)28(36)37)25-21(9-14)24-26(38-25)23(13-31-33-24)34(3)27(35)16-10-17(29)12-18(30)11-16/h4-13,15,32H,1-3H3,(H,36,37). The van der Waals surface area contributed by atoms with Crippen molar-refractivity contribution in [3.8, 4) is 0 Å². The van der Waals surface area contributed by atoms with E-state index in [1.54, 1.807) is 18.2 Å². The monoisotopic (exact) mass is 516 g/mol. The van der Waals surface area contributed by atoms with Crippen LogP contribution in [0.15, 0.2) is 65.2 Å². The number of carboxylic acids is 1. The zero-order chi connectivity index (χ0) is 27.1. The number of hydrogen-bond acceptors (Lipinski definition) is 6. The van der Waals surface area contributed by atoms with E-state index in [4.69, 9.17) is 4.42 Å². The number of aromatic nitrogens is 2. The summed E-state index contributed by atoms with van der Waals surface area (Å²) in [6.07, 6.45) is 1.34. The highest BCUT2D eigenvalue weighted by Crippen LogP contribution is 2.38. The molecule has 2 N–H and O–H groups in total. The van der Waals surface area contributed by atoms with Crippen molar-refractivity contribution in [3.63, 3.8) is 0 Å². The Balaban J connectivity index is 1.60. The fraction of sp³-hybridized carbons (Fsp3) is 0.143. The summed E-state index contributed by atoms with van der Waals surface area (Å²) >= 11 is 0. The first-order valence-electron chi connectivity index (χ1n) is 11.7. The lowest BCUT2D eigenvalue weighted by molar-refractivity contribution is 0.0697. The van der Waals surface area contributed by atoms with E-state index in [2.05, 4.69) is 15.5 Å². The second-order valence-electron chi connectivity index (χ2n) is 8.98. The molecule has 2 heterocycles. The van der Waals surface area contributed by atoms with Gasteiger partial charge in [0.2, 0.25) is 0 Å². The molecule has 0 saturated carbocycles. The second kappa shape index (κ2) is 9.55. The number of furan rings is 1. The summed E-state index contributed by atoms with van der Waals surface area (Å²) < 4.78 is 33.7. The molecule has 5 rings (SSSR count). The molecule has 0 fully saturated rings. The number of para-hydroxylation sites is 1. The highest BCUT2D eigenvalue weighted by molar-refractivity contribution is 6.13. The number of rotatable bonds is 6. The third kappa shape index (κ3) is 4.40. The highest BCUT2D eigenvalue weighted by atomic mass is 19.1. The average molecular weight is 517 g/mol. The predicted octanol–water partition coefficient (Wildman–Crippen LogP) is 6.11. The van der Waals surface area contributed by atoms with E-state index in [0.29, 0.717) is 28.2 Å². The maximum absolute atomic E-state index is 13.7. The summed E-state index contributed by atoms with van der Waals surface area (Å²) in [6.45, 7) is 3.78. The van der Waals surface area contributed by atoms with Crippen molar-refractivity contribution in [1.82, 2.24) is 10.2 Å². The Morgan fingerprint density at radius 2 is 1.76 bits per heavy atom. The molecule has 192 valence electrons. The molecule has 5 aromatic rings. The lowest BCUT2D eigenvalue weighted by Crippen LogP contribution is -2.26. The number of aryl methyl sites for hydroxylation is 1. The van der Waals surface area contributed by atoms with Gasteiger partial charge in [-0.1, -0.05) is 18.2 Å². The van der Waals surface area contributed by atoms with Gasteiger partial charge in [-0.3, -0.25) is 4.79 Å². The minimum Gasteiger partial charge on any atom is -0.478 e. The number of aromatic carboxylic acids is 1. The molecule has 1 atom stereocenters. The molecule has 0 spiro atoms. The number of halogens is 2. The number of hydrogen-bond donors (Lipinski definition) is 2. The largest absolute Gasteiger partial charge is 0.478 e. The molecule has 0 aliphatic carbocycles. The van der Waals surface area contributed by atoms with Gasteiger partial charge in [-0.05, 0) is 49.7 Å². The van der Waals surface area contributed by atoms with Gasteiger partial charge in [0.25, 0.3) is 5.91 Å². The maximum Gasteiger partial charge on any atom is 0.337 e. The molecule has 1 amide bonds. The van der Waals surface area contributed by atoms with E-state index in [9.17, 15) is 23.5 Å². The van der Waals surface area contributed by atoms with Crippen LogP contribution in [0.25, 0.3) is 22.1 Å². The first kappa shape index (κ1) is 24.8. The van der Waals surface area contributed by atoms with Gasteiger partial charge < -0.3 is 19.7 Å². The first-order chi connectivity index (χ1) is 18.1. The summed E-state index contributed by atoms with van der Waals surface area (Å²) in [6, 6.07) is 12.6. The highest BCUT2D eigenvalue weighted by Gasteiger charge is 2.24. The number of carbonyl (C=O) groups excluding carboxylic acids is 1. The molecule has 0 aliphatic heterocycles. The van der Waals surface area contributed by atoms with Crippen molar-refractivity contribution < 1.29 is 27.9 Å². The van der Waals surface area contributed by atoms with Crippen molar-refractivity contribution in [2.24, 2.45) is 0 Å². The molecule has 0 bridgehead atoms. The Labute approximate surface area is 215 Å². The summed E-state index contributed by atoms with van der Waals surface area (Å²) in [7, 11) is 1.45. The van der Waals surface area contributed by atoms with Crippen molar-refractivity contribution in [2.45, 2.75) is 19.9 Å². The van der Waals surface area contributed by atoms with E-state index in [-0.39, 0.29) is 28.4 Å². The van der Waals surface area contributed by atoms with Gasteiger partial charge in [0.05, 0.1) is 17.8 Å². The lowest BCUT2D eigenvalue weighted by Gasteiger charge is -2.18. The van der Waals surface area contributed by atoms with Crippen LogP contribution in [-0.4, -0.2) is 34.2 Å². The van der Waals surface area contributed by atoms with Gasteiger partial charge in [-0.15, -0.1) is 5.10 Å². The predicted molar refractivity (Wildman–Crippen MR) is 139 cm³/mol. The van der Waals surface area contributed by atoms with Crippen LogP contribution in [0.1, 0.15) is 44.8 Å². The molecular weight excluding hydrogens is 494 g/mol. The molecule has 3 aromatic carbocycles.